The number of methoxy groups -OCH3 is 1. The minimum atomic E-state index is -0.660. The van der Waals surface area contributed by atoms with Gasteiger partial charge in [0.2, 0.25) is 5.91 Å². The van der Waals surface area contributed by atoms with Crippen molar-refractivity contribution in [1.29, 1.82) is 0 Å². The Hall–Kier alpha value is -2.39. The molecule has 0 spiro atoms. The summed E-state index contributed by atoms with van der Waals surface area (Å²) in [7, 11) is 1.62. The third-order valence-electron chi connectivity index (χ3n) is 5.70. The van der Waals surface area contributed by atoms with E-state index >= 15 is 0 Å². The molecule has 1 aromatic heterocycles. The molecule has 1 aliphatic heterocycles. The molecule has 8 heteroatoms. The Balaban J connectivity index is 1.67. The second-order valence-corrected chi connectivity index (χ2v) is 8.92. The smallest absolute Gasteiger partial charge is 0.237 e. The van der Waals surface area contributed by atoms with Crippen LogP contribution in [0.4, 0.5) is 0 Å². The van der Waals surface area contributed by atoms with Gasteiger partial charge in [0.05, 0.1) is 39.0 Å². The minimum Gasteiger partial charge on any atom is -0.493 e. The maximum Gasteiger partial charge on any atom is 0.237 e. The number of hydrogen-bond donors (Lipinski definition) is 1. The number of aliphatic hydroxyl groups is 1. The molecule has 0 aliphatic carbocycles. The Morgan fingerprint density at radius 2 is 2.15 bits per heavy atom. The maximum atomic E-state index is 13.4. The van der Waals surface area contributed by atoms with E-state index in [9.17, 15) is 9.90 Å². The molecule has 1 aromatic carbocycles. The number of para-hydroxylation sites is 2. The van der Waals surface area contributed by atoms with Crippen LogP contribution in [-0.4, -0.2) is 80.0 Å². The van der Waals surface area contributed by atoms with Crippen LogP contribution in [0.25, 0.3) is 0 Å². The summed E-state index contributed by atoms with van der Waals surface area (Å²) in [6, 6.07) is 9.46. The molecular weight excluding hydrogens is 440 g/mol. The van der Waals surface area contributed by atoms with Crippen LogP contribution in [0.2, 0.25) is 0 Å². The van der Waals surface area contributed by atoms with Gasteiger partial charge in [0.25, 0.3) is 0 Å². The van der Waals surface area contributed by atoms with Crippen molar-refractivity contribution in [2.24, 2.45) is 0 Å². The quantitative estimate of drug-likeness (QED) is 0.355. The number of carbonyl (C=O) groups excluding carboxylic acids is 1. The van der Waals surface area contributed by atoms with Crippen molar-refractivity contribution in [2.75, 3.05) is 53.1 Å². The fourth-order valence-electron chi connectivity index (χ4n) is 4.01. The first-order chi connectivity index (χ1) is 16.1. The van der Waals surface area contributed by atoms with Crippen molar-refractivity contribution in [3.63, 3.8) is 0 Å². The zero-order valence-electron chi connectivity index (χ0n) is 19.4. The predicted octanol–water partition coefficient (Wildman–Crippen LogP) is 3.15. The lowest BCUT2D eigenvalue weighted by molar-refractivity contribution is -0.136. The van der Waals surface area contributed by atoms with E-state index in [1.165, 1.54) is 4.88 Å². The predicted molar refractivity (Wildman–Crippen MR) is 130 cm³/mol. The van der Waals surface area contributed by atoms with E-state index in [0.29, 0.717) is 44.3 Å². The summed E-state index contributed by atoms with van der Waals surface area (Å²) in [6.07, 6.45) is 1.83. The van der Waals surface area contributed by atoms with Crippen LogP contribution in [0.3, 0.4) is 0 Å². The van der Waals surface area contributed by atoms with Gasteiger partial charge in [-0.3, -0.25) is 9.69 Å². The molecule has 0 fully saturated rings. The van der Waals surface area contributed by atoms with Gasteiger partial charge < -0.3 is 24.2 Å². The van der Waals surface area contributed by atoms with E-state index in [0.717, 1.165) is 12.0 Å². The number of likely N-dealkylation sites (N-methyl/N-ethyl adjacent to an activating group) is 1. The van der Waals surface area contributed by atoms with E-state index in [-0.39, 0.29) is 25.1 Å². The molecule has 0 saturated carbocycles. The van der Waals surface area contributed by atoms with Crippen LogP contribution in [-0.2, 0) is 16.0 Å². The van der Waals surface area contributed by atoms with Crippen molar-refractivity contribution >= 4 is 17.2 Å². The van der Waals surface area contributed by atoms with Crippen LogP contribution in [0.5, 0.6) is 11.5 Å². The third kappa shape index (κ3) is 6.80. The monoisotopic (exact) mass is 474 g/mol. The molecule has 0 radical (unpaired) electrons. The van der Waals surface area contributed by atoms with Gasteiger partial charge in [0.15, 0.2) is 11.5 Å². The first kappa shape index (κ1) is 25.2. The third-order valence-corrected chi connectivity index (χ3v) is 6.70. The summed E-state index contributed by atoms with van der Waals surface area (Å²) in [6.45, 7) is 8.47. The molecule has 1 N–H and O–H groups in total. The van der Waals surface area contributed by atoms with Gasteiger partial charge in [-0.2, -0.15) is 0 Å². The Bertz CT molecular complexity index is 902. The Labute approximate surface area is 200 Å². The number of aliphatic hydroxyl groups excluding tert-OH is 1. The molecule has 180 valence electrons. The molecular formula is C25H34N2O5S. The summed E-state index contributed by atoms with van der Waals surface area (Å²) in [4.78, 5) is 18.5. The highest BCUT2D eigenvalue weighted by Crippen LogP contribution is 2.35. The highest BCUT2D eigenvalue weighted by molar-refractivity contribution is 7.10. The van der Waals surface area contributed by atoms with Crippen molar-refractivity contribution in [3.05, 3.63) is 58.8 Å². The highest BCUT2D eigenvalue weighted by atomic mass is 32.1. The molecule has 7 nitrogen and oxygen atoms in total. The first-order valence-electron chi connectivity index (χ1n) is 11.3. The molecule has 1 aliphatic rings. The summed E-state index contributed by atoms with van der Waals surface area (Å²) < 4.78 is 16.9. The average Bonchev–Trinajstić information content (AvgIpc) is 3.31. The number of ether oxygens (including phenoxy) is 3. The Kier molecular flexibility index (Phi) is 9.75. The summed E-state index contributed by atoms with van der Waals surface area (Å²) in [5.74, 6) is 1.36. The van der Waals surface area contributed by atoms with Crippen LogP contribution >= 0.6 is 11.3 Å². The standard InChI is InChI=1S/C25H34N2O5S/c1-4-13-31-17-19(28)15-26(5-2)16-25(29)27-12-10-24-20(11-14-33-24)21(27)18-32-23-9-7-6-8-22(23)30-3/h4,6-9,11,14,19,21,28H,1,5,10,12-13,15-18H2,2-3H3/t19-,21+/m0/s1. The highest BCUT2D eigenvalue weighted by Gasteiger charge is 2.33. The number of carbonyl (C=O) groups is 1. The van der Waals surface area contributed by atoms with Crippen molar-refractivity contribution < 1.29 is 24.1 Å². The summed E-state index contributed by atoms with van der Waals surface area (Å²) >= 11 is 1.73. The minimum absolute atomic E-state index is 0.0292. The van der Waals surface area contributed by atoms with Crippen LogP contribution < -0.4 is 9.47 Å². The fraction of sp³-hybridized carbons (Fsp3) is 0.480. The largest absolute Gasteiger partial charge is 0.493 e. The average molecular weight is 475 g/mol. The van der Waals surface area contributed by atoms with Crippen LogP contribution in [0.15, 0.2) is 48.4 Å². The number of nitrogens with zero attached hydrogens (tertiary/aromatic N) is 2. The molecule has 0 saturated heterocycles. The SMILES string of the molecule is C=CCOC[C@@H](O)CN(CC)CC(=O)N1CCc2sccc2[C@H]1COc1ccccc1OC. The molecule has 1 amide bonds. The lowest BCUT2D eigenvalue weighted by Crippen LogP contribution is -2.48. The molecule has 2 aromatic rings. The van der Waals surface area contributed by atoms with Gasteiger partial charge >= 0.3 is 0 Å². The second kappa shape index (κ2) is 12.7. The molecule has 33 heavy (non-hydrogen) atoms. The van der Waals surface area contributed by atoms with Crippen LogP contribution in [0, 0.1) is 0 Å². The topological polar surface area (TPSA) is 71.5 Å². The van der Waals surface area contributed by atoms with Gasteiger partial charge in [0, 0.05) is 18.0 Å². The first-order valence-corrected chi connectivity index (χ1v) is 12.2. The van der Waals surface area contributed by atoms with E-state index in [1.807, 2.05) is 41.0 Å². The lowest BCUT2D eigenvalue weighted by Gasteiger charge is -2.37. The van der Waals surface area contributed by atoms with E-state index < -0.39 is 6.10 Å². The second-order valence-electron chi connectivity index (χ2n) is 7.92. The van der Waals surface area contributed by atoms with E-state index in [4.69, 9.17) is 14.2 Å². The summed E-state index contributed by atoms with van der Waals surface area (Å²) in [5.41, 5.74) is 1.15. The number of benzene rings is 1. The maximum absolute atomic E-state index is 13.4. The molecule has 0 bridgehead atoms. The number of rotatable bonds is 13. The number of fused-ring (bicyclic) bond motifs is 1. The van der Waals surface area contributed by atoms with Gasteiger partial charge in [-0.05, 0) is 42.1 Å². The fourth-order valence-corrected chi connectivity index (χ4v) is 4.94. The van der Waals surface area contributed by atoms with Gasteiger partial charge in [-0.25, -0.2) is 0 Å². The van der Waals surface area contributed by atoms with Crippen LogP contribution in [0.1, 0.15) is 23.4 Å². The van der Waals surface area contributed by atoms with E-state index in [1.54, 1.807) is 24.5 Å². The molecule has 2 atom stereocenters. The van der Waals surface area contributed by atoms with Gasteiger partial charge in [0.1, 0.15) is 6.61 Å². The normalized spacial score (nSPS) is 16.4. The van der Waals surface area contributed by atoms with Crippen molar-refractivity contribution in [1.82, 2.24) is 9.80 Å². The Morgan fingerprint density at radius 1 is 1.36 bits per heavy atom. The number of thiophene rings is 1. The van der Waals surface area contributed by atoms with E-state index in [2.05, 4.69) is 18.0 Å². The molecule has 3 rings (SSSR count). The zero-order chi connectivity index (χ0) is 23.6. The van der Waals surface area contributed by atoms with Crippen molar-refractivity contribution in [3.8, 4) is 11.5 Å². The van der Waals surface area contributed by atoms with Gasteiger partial charge in [-0.1, -0.05) is 25.1 Å². The summed E-state index contributed by atoms with van der Waals surface area (Å²) in [5, 5.41) is 12.3. The number of hydrogen-bond acceptors (Lipinski definition) is 7. The molecule has 0 unspecified atom stereocenters. The Morgan fingerprint density at radius 3 is 2.88 bits per heavy atom. The molecule has 2 heterocycles. The lowest BCUT2D eigenvalue weighted by atomic mass is 10.0. The van der Waals surface area contributed by atoms with Crippen molar-refractivity contribution in [2.45, 2.75) is 25.5 Å². The number of amides is 1. The zero-order valence-corrected chi connectivity index (χ0v) is 20.3. The van der Waals surface area contributed by atoms with Gasteiger partial charge in [-0.15, -0.1) is 17.9 Å².